The van der Waals surface area contributed by atoms with Crippen LogP contribution in [0.1, 0.15) is 40.5 Å². The van der Waals surface area contributed by atoms with E-state index in [1.807, 2.05) is 30.3 Å². The van der Waals surface area contributed by atoms with Gasteiger partial charge in [0.15, 0.2) is 0 Å². The third-order valence-electron chi connectivity index (χ3n) is 5.70. The third-order valence-corrected chi connectivity index (χ3v) is 5.70. The second-order valence-electron chi connectivity index (χ2n) is 7.24. The van der Waals surface area contributed by atoms with Crippen LogP contribution in [0.4, 0.5) is 13.2 Å². The number of alkyl halides is 3. The SMILES string of the molecule is Oc1c2c(c(O)n1-c1cccc(C(F)(F)F)c1)C1CC2C=C1c1ccccc1. The number of fused-ring (bicyclic) bond motifs is 5. The van der Waals surface area contributed by atoms with Crippen LogP contribution < -0.4 is 0 Å². The molecule has 2 atom stereocenters. The molecule has 2 aliphatic carbocycles. The average Bonchev–Trinajstić information content (AvgIpc) is 3.33. The summed E-state index contributed by atoms with van der Waals surface area (Å²) >= 11 is 0. The Morgan fingerprint density at radius 2 is 1.61 bits per heavy atom. The number of hydrogen-bond donors (Lipinski definition) is 2. The summed E-state index contributed by atoms with van der Waals surface area (Å²) in [5, 5.41) is 21.6. The van der Waals surface area contributed by atoms with E-state index in [1.165, 1.54) is 12.1 Å². The number of hydrogen-bond acceptors (Lipinski definition) is 2. The van der Waals surface area contributed by atoms with E-state index in [0.717, 1.165) is 34.3 Å². The van der Waals surface area contributed by atoms with Gasteiger partial charge in [0.1, 0.15) is 0 Å². The Morgan fingerprint density at radius 3 is 2.32 bits per heavy atom. The van der Waals surface area contributed by atoms with Gasteiger partial charge in [0.25, 0.3) is 0 Å². The largest absolute Gasteiger partial charge is 0.494 e. The van der Waals surface area contributed by atoms with Crippen molar-refractivity contribution >= 4 is 5.57 Å². The standard InChI is InChI=1S/C22H16F3NO2/c23-22(24,25)14-7-4-8-15(11-14)26-20(27)18-13-9-16(12-5-2-1-3-6-12)17(10-13)19(18)21(26)28/h1-9,11,13,17,27-28H,10H2. The van der Waals surface area contributed by atoms with Crippen molar-refractivity contribution in [1.29, 1.82) is 0 Å². The molecule has 142 valence electrons. The number of nitrogens with zero attached hydrogens (tertiary/aromatic N) is 1. The van der Waals surface area contributed by atoms with E-state index in [-0.39, 0.29) is 29.3 Å². The van der Waals surface area contributed by atoms with Crippen molar-refractivity contribution in [3.05, 3.63) is 82.9 Å². The van der Waals surface area contributed by atoms with Crippen LogP contribution in [0.5, 0.6) is 11.8 Å². The summed E-state index contributed by atoms with van der Waals surface area (Å²) in [6.07, 6.45) is -1.67. The predicted molar refractivity (Wildman–Crippen MR) is 98.6 cm³/mol. The predicted octanol–water partition coefficient (Wildman–Crippen LogP) is 5.58. The maximum Gasteiger partial charge on any atom is 0.416 e. The van der Waals surface area contributed by atoms with Crippen LogP contribution in [0, 0.1) is 0 Å². The van der Waals surface area contributed by atoms with E-state index in [2.05, 4.69) is 6.08 Å². The van der Waals surface area contributed by atoms with E-state index < -0.39 is 11.7 Å². The number of benzene rings is 2. The smallest absolute Gasteiger partial charge is 0.416 e. The summed E-state index contributed by atoms with van der Waals surface area (Å²) in [6.45, 7) is 0. The van der Waals surface area contributed by atoms with Gasteiger partial charge < -0.3 is 10.2 Å². The third kappa shape index (κ3) is 2.30. The summed E-state index contributed by atoms with van der Waals surface area (Å²) in [5.41, 5.74) is 2.60. The van der Waals surface area contributed by atoms with Crippen molar-refractivity contribution in [1.82, 2.24) is 4.57 Å². The summed E-state index contributed by atoms with van der Waals surface area (Å²) in [6, 6.07) is 14.4. The molecule has 6 heteroatoms. The van der Waals surface area contributed by atoms with E-state index >= 15 is 0 Å². The second kappa shape index (κ2) is 5.67. The molecular formula is C22H16F3NO2. The van der Waals surface area contributed by atoms with Gasteiger partial charge in [0.05, 0.1) is 11.3 Å². The maximum atomic E-state index is 13.1. The average molecular weight is 383 g/mol. The molecule has 3 nitrogen and oxygen atoms in total. The zero-order chi connectivity index (χ0) is 19.6. The molecule has 0 spiro atoms. The molecule has 0 fully saturated rings. The Hall–Kier alpha value is -3.15. The van der Waals surface area contributed by atoms with Gasteiger partial charge in [-0.2, -0.15) is 13.2 Å². The Kier molecular flexibility index (Phi) is 3.44. The highest BCUT2D eigenvalue weighted by molar-refractivity contribution is 5.81. The van der Waals surface area contributed by atoms with E-state index in [4.69, 9.17) is 0 Å². The molecule has 0 saturated carbocycles. The molecule has 3 aromatic rings. The van der Waals surface area contributed by atoms with Crippen molar-refractivity contribution in [2.24, 2.45) is 0 Å². The van der Waals surface area contributed by atoms with Crippen molar-refractivity contribution < 1.29 is 23.4 Å². The van der Waals surface area contributed by atoms with Crippen LogP contribution in [0.15, 0.2) is 60.7 Å². The molecule has 2 unspecified atom stereocenters. The lowest BCUT2D eigenvalue weighted by molar-refractivity contribution is -0.137. The molecule has 0 radical (unpaired) electrons. The Morgan fingerprint density at radius 1 is 0.893 bits per heavy atom. The van der Waals surface area contributed by atoms with Crippen LogP contribution in [0.3, 0.4) is 0 Å². The Balaban J connectivity index is 1.62. The highest BCUT2D eigenvalue weighted by atomic mass is 19.4. The van der Waals surface area contributed by atoms with E-state index in [0.29, 0.717) is 11.1 Å². The number of rotatable bonds is 2. The Labute approximate surface area is 159 Å². The normalized spacial score (nSPS) is 20.3. The van der Waals surface area contributed by atoms with Gasteiger partial charge in [-0.15, -0.1) is 0 Å². The fraction of sp³-hybridized carbons (Fsp3) is 0.182. The number of aromatic nitrogens is 1. The van der Waals surface area contributed by atoms with Crippen LogP contribution >= 0.6 is 0 Å². The van der Waals surface area contributed by atoms with Gasteiger partial charge in [-0.25, -0.2) is 0 Å². The van der Waals surface area contributed by atoms with Crippen LogP contribution in [-0.2, 0) is 6.18 Å². The lowest BCUT2D eigenvalue weighted by Gasteiger charge is -2.15. The van der Waals surface area contributed by atoms with Gasteiger partial charge in [0, 0.05) is 23.0 Å². The number of allylic oxidation sites excluding steroid dienone is 2. The van der Waals surface area contributed by atoms with Crippen molar-refractivity contribution in [3.8, 4) is 17.4 Å². The first kappa shape index (κ1) is 17.0. The molecule has 2 N–H and O–H groups in total. The van der Waals surface area contributed by atoms with E-state index in [9.17, 15) is 23.4 Å². The van der Waals surface area contributed by atoms with Gasteiger partial charge >= 0.3 is 6.18 Å². The second-order valence-corrected chi connectivity index (χ2v) is 7.24. The van der Waals surface area contributed by atoms with Crippen LogP contribution in [0.25, 0.3) is 11.3 Å². The molecule has 1 heterocycles. The minimum absolute atomic E-state index is 0.0619. The molecule has 2 aliphatic rings. The Bertz CT molecular complexity index is 1110. The van der Waals surface area contributed by atoms with Gasteiger partial charge in [-0.3, -0.25) is 4.57 Å². The van der Waals surface area contributed by atoms with Crippen LogP contribution in [-0.4, -0.2) is 14.8 Å². The zero-order valence-electron chi connectivity index (χ0n) is 14.6. The summed E-state index contributed by atoms with van der Waals surface area (Å²) in [4.78, 5) is 0. The molecule has 0 aliphatic heterocycles. The quantitative estimate of drug-likeness (QED) is 0.607. The topological polar surface area (TPSA) is 45.4 Å². The molecule has 5 rings (SSSR count). The highest BCUT2D eigenvalue weighted by Gasteiger charge is 2.45. The maximum absolute atomic E-state index is 13.1. The van der Waals surface area contributed by atoms with Crippen molar-refractivity contribution in [2.45, 2.75) is 24.4 Å². The lowest BCUT2D eigenvalue weighted by atomic mass is 9.89. The lowest BCUT2D eigenvalue weighted by Crippen LogP contribution is -2.06. The van der Waals surface area contributed by atoms with Gasteiger partial charge in [-0.1, -0.05) is 42.5 Å². The first-order chi connectivity index (χ1) is 13.4. The minimum atomic E-state index is -4.50. The zero-order valence-corrected chi connectivity index (χ0v) is 14.6. The highest BCUT2D eigenvalue weighted by Crippen LogP contribution is 2.61. The first-order valence-corrected chi connectivity index (χ1v) is 8.97. The number of halogens is 3. The summed E-state index contributed by atoms with van der Waals surface area (Å²) < 4.78 is 40.3. The van der Waals surface area contributed by atoms with Crippen LogP contribution in [0.2, 0.25) is 0 Å². The van der Waals surface area contributed by atoms with Crippen molar-refractivity contribution in [2.75, 3.05) is 0 Å². The minimum Gasteiger partial charge on any atom is -0.494 e. The molecule has 1 aromatic heterocycles. The van der Waals surface area contributed by atoms with Gasteiger partial charge in [0.2, 0.25) is 11.8 Å². The van der Waals surface area contributed by atoms with E-state index in [1.54, 1.807) is 0 Å². The summed E-state index contributed by atoms with van der Waals surface area (Å²) in [5.74, 6) is -0.531. The fourth-order valence-electron chi connectivity index (χ4n) is 4.54. The molecule has 0 saturated heterocycles. The fourth-order valence-corrected chi connectivity index (χ4v) is 4.54. The molecule has 2 aromatic carbocycles. The molecule has 2 bridgehead atoms. The summed E-state index contributed by atoms with van der Waals surface area (Å²) in [7, 11) is 0. The first-order valence-electron chi connectivity index (χ1n) is 8.97. The number of aromatic hydroxyl groups is 2. The molecular weight excluding hydrogens is 367 g/mol. The van der Waals surface area contributed by atoms with Crippen molar-refractivity contribution in [3.63, 3.8) is 0 Å². The monoisotopic (exact) mass is 383 g/mol. The van der Waals surface area contributed by atoms with Gasteiger partial charge in [-0.05, 0) is 35.8 Å². The molecule has 28 heavy (non-hydrogen) atoms. The molecule has 0 amide bonds.